The Labute approximate surface area is 137 Å². The molecule has 0 spiro atoms. The summed E-state index contributed by atoms with van der Waals surface area (Å²) in [6, 6.07) is 14.9. The first-order valence-electron chi connectivity index (χ1n) is 8.36. The highest BCUT2D eigenvalue weighted by Gasteiger charge is 2.13. The van der Waals surface area contributed by atoms with Crippen molar-refractivity contribution in [1.29, 1.82) is 0 Å². The van der Waals surface area contributed by atoms with Crippen LogP contribution in [-0.4, -0.2) is 26.3 Å². The minimum Gasteiger partial charge on any atom is -0.486 e. The lowest BCUT2D eigenvalue weighted by atomic mass is 10.2. The summed E-state index contributed by atoms with van der Waals surface area (Å²) >= 11 is 0. The van der Waals surface area contributed by atoms with Gasteiger partial charge in [-0.2, -0.15) is 0 Å². The molecule has 2 aliphatic rings. The van der Waals surface area contributed by atoms with Crippen molar-refractivity contribution in [2.75, 3.05) is 36.5 Å². The van der Waals surface area contributed by atoms with Crippen molar-refractivity contribution in [3.05, 3.63) is 48.0 Å². The largest absolute Gasteiger partial charge is 0.486 e. The van der Waals surface area contributed by atoms with E-state index in [2.05, 4.69) is 46.6 Å². The number of anilines is 2. The number of fused-ring (bicyclic) bond motifs is 1. The molecule has 2 aliphatic heterocycles. The van der Waals surface area contributed by atoms with Crippen LogP contribution in [0.5, 0.6) is 11.5 Å². The van der Waals surface area contributed by atoms with E-state index in [0.29, 0.717) is 13.2 Å². The summed E-state index contributed by atoms with van der Waals surface area (Å²) in [6.07, 6.45) is 2.62. The van der Waals surface area contributed by atoms with Gasteiger partial charge in [0.2, 0.25) is 0 Å². The van der Waals surface area contributed by atoms with Crippen molar-refractivity contribution in [2.24, 2.45) is 0 Å². The highest BCUT2D eigenvalue weighted by atomic mass is 16.6. The zero-order chi connectivity index (χ0) is 15.5. The van der Waals surface area contributed by atoms with Crippen LogP contribution in [0, 0.1) is 0 Å². The van der Waals surface area contributed by atoms with E-state index in [-0.39, 0.29) is 0 Å². The summed E-state index contributed by atoms with van der Waals surface area (Å²) in [4.78, 5) is 2.45. The van der Waals surface area contributed by atoms with E-state index in [9.17, 15) is 0 Å². The summed E-state index contributed by atoms with van der Waals surface area (Å²) in [6.45, 7) is 4.41. The van der Waals surface area contributed by atoms with E-state index in [1.165, 1.54) is 37.2 Å². The molecule has 0 saturated carbocycles. The van der Waals surface area contributed by atoms with Crippen molar-refractivity contribution < 1.29 is 9.47 Å². The van der Waals surface area contributed by atoms with E-state index < -0.39 is 0 Å². The third kappa shape index (κ3) is 3.21. The molecule has 0 aromatic heterocycles. The van der Waals surface area contributed by atoms with Gasteiger partial charge in [-0.25, -0.2) is 0 Å². The van der Waals surface area contributed by atoms with Gasteiger partial charge in [0.05, 0.1) is 0 Å². The molecule has 1 fully saturated rings. The topological polar surface area (TPSA) is 33.7 Å². The standard InChI is InChI=1S/C19H22N2O2/c1-2-10-21(9-1)17-6-4-16(5-7-17)20-14-15-3-8-18-19(13-15)23-12-11-22-18/h3-8,13,20H,1-2,9-12,14H2. The summed E-state index contributed by atoms with van der Waals surface area (Å²) in [5.74, 6) is 1.69. The van der Waals surface area contributed by atoms with E-state index in [1.54, 1.807) is 0 Å². The van der Waals surface area contributed by atoms with Crippen LogP contribution in [0.4, 0.5) is 11.4 Å². The number of nitrogens with zero attached hydrogens (tertiary/aromatic N) is 1. The maximum atomic E-state index is 5.63. The lowest BCUT2D eigenvalue weighted by molar-refractivity contribution is 0.171. The van der Waals surface area contributed by atoms with Gasteiger partial charge < -0.3 is 19.7 Å². The zero-order valence-corrected chi connectivity index (χ0v) is 13.3. The first-order valence-corrected chi connectivity index (χ1v) is 8.36. The van der Waals surface area contributed by atoms with Gasteiger partial charge in [-0.15, -0.1) is 0 Å². The molecule has 0 aliphatic carbocycles. The highest BCUT2D eigenvalue weighted by molar-refractivity contribution is 5.56. The fourth-order valence-corrected chi connectivity index (χ4v) is 3.17. The van der Waals surface area contributed by atoms with Gasteiger partial charge in [0.15, 0.2) is 11.5 Å². The molecule has 2 heterocycles. The van der Waals surface area contributed by atoms with E-state index in [4.69, 9.17) is 9.47 Å². The lowest BCUT2D eigenvalue weighted by Gasteiger charge is -2.19. The third-order valence-corrected chi connectivity index (χ3v) is 4.44. The van der Waals surface area contributed by atoms with Gasteiger partial charge in [0.25, 0.3) is 0 Å². The second-order valence-corrected chi connectivity index (χ2v) is 6.07. The van der Waals surface area contributed by atoms with Gasteiger partial charge in [0, 0.05) is 31.0 Å². The zero-order valence-electron chi connectivity index (χ0n) is 13.3. The third-order valence-electron chi connectivity index (χ3n) is 4.44. The van der Waals surface area contributed by atoms with Gasteiger partial charge in [-0.3, -0.25) is 0 Å². The quantitative estimate of drug-likeness (QED) is 0.934. The summed E-state index contributed by atoms with van der Waals surface area (Å²) in [5, 5.41) is 3.47. The Balaban J connectivity index is 1.38. The number of rotatable bonds is 4. The Morgan fingerprint density at radius 2 is 1.61 bits per heavy atom. The van der Waals surface area contributed by atoms with Crippen LogP contribution in [0.2, 0.25) is 0 Å². The fourth-order valence-electron chi connectivity index (χ4n) is 3.17. The minimum atomic E-state index is 0.627. The van der Waals surface area contributed by atoms with Crippen molar-refractivity contribution in [1.82, 2.24) is 0 Å². The highest BCUT2D eigenvalue weighted by Crippen LogP contribution is 2.31. The lowest BCUT2D eigenvalue weighted by Crippen LogP contribution is -2.17. The molecule has 4 rings (SSSR count). The molecule has 0 bridgehead atoms. The number of hydrogen-bond acceptors (Lipinski definition) is 4. The maximum absolute atomic E-state index is 5.63. The van der Waals surface area contributed by atoms with E-state index in [0.717, 1.165) is 23.7 Å². The molecule has 23 heavy (non-hydrogen) atoms. The molecule has 120 valence electrons. The normalized spacial score (nSPS) is 16.4. The molecule has 4 nitrogen and oxygen atoms in total. The van der Waals surface area contributed by atoms with E-state index in [1.807, 2.05) is 6.07 Å². The van der Waals surface area contributed by atoms with Crippen LogP contribution < -0.4 is 19.7 Å². The molecule has 1 N–H and O–H groups in total. The fraction of sp³-hybridized carbons (Fsp3) is 0.368. The first kappa shape index (κ1) is 14.2. The van der Waals surface area contributed by atoms with Crippen LogP contribution in [0.1, 0.15) is 18.4 Å². The molecule has 2 aromatic rings. The summed E-state index contributed by atoms with van der Waals surface area (Å²) in [7, 11) is 0. The molecule has 0 amide bonds. The van der Waals surface area contributed by atoms with Crippen LogP contribution in [0.25, 0.3) is 0 Å². The molecule has 0 radical (unpaired) electrons. The van der Waals surface area contributed by atoms with Crippen LogP contribution in [0.3, 0.4) is 0 Å². The second-order valence-electron chi connectivity index (χ2n) is 6.07. The molecular weight excluding hydrogens is 288 g/mol. The minimum absolute atomic E-state index is 0.627. The number of benzene rings is 2. The van der Waals surface area contributed by atoms with Gasteiger partial charge in [-0.1, -0.05) is 6.07 Å². The van der Waals surface area contributed by atoms with Crippen LogP contribution in [0.15, 0.2) is 42.5 Å². The van der Waals surface area contributed by atoms with Gasteiger partial charge in [0.1, 0.15) is 13.2 Å². The molecular formula is C19H22N2O2. The van der Waals surface area contributed by atoms with Crippen molar-refractivity contribution in [2.45, 2.75) is 19.4 Å². The Morgan fingerprint density at radius 1 is 0.870 bits per heavy atom. The predicted octanol–water partition coefficient (Wildman–Crippen LogP) is 3.67. The molecule has 1 saturated heterocycles. The predicted molar refractivity (Wildman–Crippen MR) is 92.6 cm³/mol. The van der Waals surface area contributed by atoms with E-state index >= 15 is 0 Å². The molecule has 4 heteroatoms. The average molecular weight is 310 g/mol. The monoisotopic (exact) mass is 310 g/mol. The summed E-state index contributed by atoms with van der Waals surface area (Å²) in [5.41, 5.74) is 3.66. The first-order chi connectivity index (χ1) is 11.4. The second kappa shape index (κ2) is 6.41. The molecule has 0 unspecified atom stereocenters. The molecule has 0 atom stereocenters. The number of nitrogens with one attached hydrogen (secondary N) is 1. The smallest absolute Gasteiger partial charge is 0.161 e. The Bertz CT molecular complexity index is 664. The maximum Gasteiger partial charge on any atom is 0.161 e. The van der Waals surface area contributed by atoms with Crippen molar-refractivity contribution in [3.8, 4) is 11.5 Å². The Hall–Kier alpha value is -2.36. The summed E-state index contributed by atoms with van der Waals surface area (Å²) < 4.78 is 11.2. The SMILES string of the molecule is c1cc2c(cc1CNc1ccc(N3CCCC3)cc1)OCCO2. The number of ether oxygens (including phenoxy) is 2. The average Bonchev–Trinajstić information content (AvgIpc) is 3.15. The molecule has 2 aromatic carbocycles. The van der Waals surface area contributed by atoms with Gasteiger partial charge in [-0.05, 0) is 54.8 Å². The van der Waals surface area contributed by atoms with Crippen molar-refractivity contribution >= 4 is 11.4 Å². The Morgan fingerprint density at radius 3 is 2.39 bits per heavy atom. The van der Waals surface area contributed by atoms with Crippen LogP contribution >= 0.6 is 0 Å². The Kier molecular flexibility index (Phi) is 3.97. The van der Waals surface area contributed by atoms with Gasteiger partial charge >= 0.3 is 0 Å². The number of hydrogen-bond donors (Lipinski definition) is 1. The van der Waals surface area contributed by atoms with Crippen molar-refractivity contribution in [3.63, 3.8) is 0 Å². The van der Waals surface area contributed by atoms with Crippen LogP contribution in [-0.2, 0) is 6.54 Å².